The zero-order valence-corrected chi connectivity index (χ0v) is 16.8. The standard InChI is InChI=1S/C24H23NO5/c1-2-25-16-21(24(27)28)23(26)20-15-18(10-11-22(20)25)9-6-12-29-13-14-30-17-19-7-4-3-5-8-19/h3-5,7-8,10-11,15-16H,2,12-14,17H2,1H3,(H,27,28). The Balaban J connectivity index is 1.57. The number of carbonyl (C=O) groups is 1. The van der Waals surface area contributed by atoms with Crippen molar-refractivity contribution in [2.24, 2.45) is 0 Å². The minimum Gasteiger partial charge on any atom is -0.477 e. The molecule has 3 rings (SSSR count). The molecule has 6 heteroatoms. The quantitative estimate of drug-likeness (QED) is 0.460. The first kappa shape index (κ1) is 21.3. The number of nitrogens with zero attached hydrogens (tertiary/aromatic N) is 1. The van der Waals surface area contributed by atoms with E-state index in [-0.39, 0.29) is 12.2 Å². The van der Waals surface area contributed by atoms with Crippen molar-refractivity contribution < 1.29 is 19.4 Å². The SMILES string of the molecule is CCn1cc(C(=O)O)c(=O)c2cc(C#CCOCCOCc3ccccc3)ccc21. The van der Waals surface area contributed by atoms with Crippen molar-refractivity contribution in [3.8, 4) is 11.8 Å². The van der Waals surface area contributed by atoms with E-state index >= 15 is 0 Å². The highest BCUT2D eigenvalue weighted by atomic mass is 16.5. The minimum atomic E-state index is -1.23. The lowest BCUT2D eigenvalue weighted by molar-refractivity contribution is 0.0520. The van der Waals surface area contributed by atoms with Crippen molar-refractivity contribution in [3.63, 3.8) is 0 Å². The lowest BCUT2D eigenvalue weighted by atomic mass is 10.1. The average molecular weight is 405 g/mol. The summed E-state index contributed by atoms with van der Waals surface area (Å²) in [5, 5.41) is 9.62. The molecule has 0 fully saturated rings. The number of pyridine rings is 1. The number of rotatable bonds is 8. The van der Waals surface area contributed by atoms with Gasteiger partial charge in [-0.3, -0.25) is 4.79 Å². The highest BCUT2D eigenvalue weighted by Crippen LogP contribution is 2.14. The second-order valence-electron chi connectivity index (χ2n) is 6.59. The summed E-state index contributed by atoms with van der Waals surface area (Å²) in [6.45, 7) is 4.14. The van der Waals surface area contributed by atoms with E-state index in [1.807, 2.05) is 43.3 Å². The van der Waals surface area contributed by atoms with Crippen LogP contribution in [0.25, 0.3) is 10.9 Å². The summed E-state index contributed by atoms with van der Waals surface area (Å²) >= 11 is 0. The highest BCUT2D eigenvalue weighted by Gasteiger charge is 2.14. The Hall–Kier alpha value is -3.40. The molecule has 0 saturated heterocycles. The molecule has 0 spiro atoms. The molecular formula is C24H23NO5. The Labute approximate surface area is 174 Å². The fourth-order valence-corrected chi connectivity index (χ4v) is 3.03. The number of hydrogen-bond donors (Lipinski definition) is 1. The van der Waals surface area contributed by atoms with Crippen molar-refractivity contribution in [1.29, 1.82) is 0 Å². The third kappa shape index (κ3) is 5.35. The predicted octanol–water partition coefficient (Wildman–Crippen LogP) is 3.30. The molecule has 1 N–H and O–H groups in total. The van der Waals surface area contributed by atoms with Crippen LogP contribution in [0.15, 0.2) is 59.5 Å². The van der Waals surface area contributed by atoms with Crippen LogP contribution in [0, 0.1) is 11.8 Å². The van der Waals surface area contributed by atoms with Crippen LogP contribution in [0.5, 0.6) is 0 Å². The highest BCUT2D eigenvalue weighted by molar-refractivity contribution is 5.92. The van der Waals surface area contributed by atoms with Gasteiger partial charge in [0.15, 0.2) is 0 Å². The van der Waals surface area contributed by atoms with Crippen LogP contribution in [0.2, 0.25) is 0 Å². The maximum Gasteiger partial charge on any atom is 0.341 e. The molecule has 0 atom stereocenters. The molecule has 2 aromatic carbocycles. The van der Waals surface area contributed by atoms with Crippen LogP contribution in [-0.4, -0.2) is 35.5 Å². The van der Waals surface area contributed by atoms with Crippen molar-refractivity contribution in [2.45, 2.75) is 20.1 Å². The Kier molecular flexibility index (Phi) is 7.39. The van der Waals surface area contributed by atoms with Crippen molar-refractivity contribution >= 4 is 16.9 Å². The van der Waals surface area contributed by atoms with Crippen LogP contribution in [0.1, 0.15) is 28.4 Å². The molecule has 0 bridgehead atoms. The third-order valence-corrected chi connectivity index (χ3v) is 4.54. The average Bonchev–Trinajstić information content (AvgIpc) is 2.76. The lowest BCUT2D eigenvalue weighted by Crippen LogP contribution is -2.18. The van der Waals surface area contributed by atoms with Gasteiger partial charge in [0.05, 0.1) is 25.3 Å². The van der Waals surface area contributed by atoms with Gasteiger partial charge in [-0.05, 0) is 30.7 Å². The second kappa shape index (κ2) is 10.4. The molecular weight excluding hydrogens is 382 g/mol. The van der Waals surface area contributed by atoms with Crippen molar-refractivity contribution in [2.75, 3.05) is 19.8 Å². The molecule has 30 heavy (non-hydrogen) atoms. The number of hydrogen-bond acceptors (Lipinski definition) is 4. The van der Waals surface area contributed by atoms with Gasteiger partial charge in [-0.2, -0.15) is 0 Å². The first-order valence-electron chi connectivity index (χ1n) is 9.69. The summed E-state index contributed by atoms with van der Waals surface area (Å²) in [7, 11) is 0. The molecule has 0 unspecified atom stereocenters. The number of ether oxygens (including phenoxy) is 2. The Bertz CT molecular complexity index is 1140. The number of carboxylic acid groups (broad SMARTS) is 1. The third-order valence-electron chi connectivity index (χ3n) is 4.54. The van der Waals surface area contributed by atoms with Gasteiger partial charge in [0.1, 0.15) is 12.2 Å². The zero-order chi connectivity index (χ0) is 21.3. The maximum absolute atomic E-state index is 12.5. The Morgan fingerprint density at radius 2 is 1.87 bits per heavy atom. The van der Waals surface area contributed by atoms with Gasteiger partial charge in [0.25, 0.3) is 0 Å². The van der Waals surface area contributed by atoms with E-state index in [0.717, 1.165) is 5.56 Å². The lowest BCUT2D eigenvalue weighted by Gasteiger charge is -2.10. The number of fused-ring (bicyclic) bond motifs is 1. The van der Waals surface area contributed by atoms with E-state index in [9.17, 15) is 14.7 Å². The Morgan fingerprint density at radius 1 is 1.10 bits per heavy atom. The second-order valence-corrected chi connectivity index (χ2v) is 6.59. The fraction of sp³-hybridized carbons (Fsp3) is 0.250. The first-order chi connectivity index (χ1) is 14.6. The van der Waals surface area contributed by atoms with E-state index < -0.39 is 11.4 Å². The van der Waals surface area contributed by atoms with Gasteiger partial charge in [-0.25, -0.2) is 4.79 Å². The van der Waals surface area contributed by atoms with Crippen LogP contribution in [-0.2, 0) is 22.6 Å². The molecule has 0 saturated carbocycles. The maximum atomic E-state index is 12.5. The van der Waals surface area contributed by atoms with Crippen LogP contribution >= 0.6 is 0 Å². The van der Waals surface area contributed by atoms with E-state index in [0.29, 0.717) is 42.8 Å². The van der Waals surface area contributed by atoms with Gasteiger partial charge < -0.3 is 19.1 Å². The zero-order valence-electron chi connectivity index (χ0n) is 16.8. The fourth-order valence-electron chi connectivity index (χ4n) is 3.03. The van der Waals surface area contributed by atoms with Crippen LogP contribution < -0.4 is 5.43 Å². The largest absolute Gasteiger partial charge is 0.477 e. The summed E-state index contributed by atoms with van der Waals surface area (Å²) in [5.74, 6) is 4.63. The number of benzene rings is 2. The normalized spacial score (nSPS) is 10.6. The van der Waals surface area contributed by atoms with E-state index in [4.69, 9.17) is 9.47 Å². The molecule has 154 valence electrons. The molecule has 6 nitrogen and oxygen atoms in total. The van der Waals surface area contributed by atoms with Crippen LogP contribution in [0.3, 0.4) is 0 Å². The Morgan fingerprint density at radius 3 is 2.60 bits per heavy atom. The van der Waals surface area contributed by atoms with Crippen LogP contribution in [0.4, 0.5) is 0 Å². The molecule has 0 aliphatic heterocycles. The van der Waals surface area contributed by atoms with E-state index in [1.54, 1.807) is 16.7 Å². The van der Waals surface area contributed by atoms with Gasteiger partial charge >= 0.3 is 5.97 Å². The molecule has 0 aliphatic carbocycles. The molecule has 0 aliphatic rings. The topological polar surface area (TPSA) is 77.8 Å². The minimum absolute atomic E-state index is 0.237. The smallest absolute Gasteiger partial charge is 0.341 e. The molecule has 0 amide bonds. The number of aromatic carboxylic acids is 1. The first-order valence-corrected chi connectivity index (χ1v) is 9.69. The van der Waals surface area contributed by atoms with Gasteiger partial charge in [0, 0.05) is 23.7 Å². The monoisotopic (exact) mass is 405 g/mol. The van der Waals surface area contributed by atoms with Gasteiger partial charge in [0.2, 0.25) is 5.43 Å². The number of aryl methyl sites for hydroxylation is 1. The molecule has 3 aromatic rings. The predicted molar refractivity (Wildman–Crippen MR) is 115 cm³/mol. The van der Waals surface area contributed by atoms with Gasteiger partial charge in [-0.1, -0.05) is 42.2 Å². The van der Waals surface area contributed by atoms with Crippen molar-refractivity contribution in [3.05, 3.63) is 81.6 Å². The summed E-state index contributed by atoms with van der Waals surface area (Å²) in [6, 6.07) is 15.1. The molecule has 0 radical (unpaired) electrons. The van der Waals surface area contributed by atoms with E-state index in [1.165, 1.54) is 6.20 Å². The van der Waals surface area contributed by atoms with Gasteiger partial charge in [-0.15, -0.1) is 0 Å². The van der Waals surface area contributed by atoms with Crippen molar-refractivity contribution in [1.82, 2.24) is 4.57 Å². The molecule has 1 heterocycles. The molecule has 1 aromatic heterocycles. The van der Waals surface area contributed by atoms with E-state index in [2.05, 4.69) is 11.8 Å². The number of aromatic nitrogens is 1. The number of carboxylic acids is 1. The summed E-state index contributed by atoms with van der Waals surface area (Å²) in [5.41, 5.74) is 1.69. The summed E-state index contributed by atoms with van der Waals surface area (Å²) in [4.78, 5) is 23.8. The summed E-state index contributed by atoms with van der Waals surface area (Å²) < 4.78 is 12.7. The summed E-state index contributed by atoms with van der Waals surface area (Å²) in [6.07, 6.45) is 1.38.